The molecule has 0 aliphatic carbocycles. The van der Waals surface area contributed by atoms with Crippen molar-refractivity contribution in [3.05, 3.63) is 57.9 Å². The van der Waals surface area contributed by atoms with Crippen LogP contribution in [0.5, 0.6) is 0 Å². The van der Waals surface area contributed by atoms with Gasteiger partial charge in [0.25, 0.3) is 0 Å². The van der Waals surface area contributed by atoms with Crippen LogP contribution in [0.3, 0.4) is 0 Å². The number of fused-ring (bicyclic) bond motifs is 1. The molecule has 1 fully saturated rings. The second-order valence-electron chi connectivity index (χ2n) is 6.04. The zero-order chi connectivity index (χ0) is 17.2. The highest BCUT2D eigenvalue weighted by atomic mass is 16.8. The van der Waals surface area contributed by atoms with E-state index in [0.29, 0.717) is 11.5 Å². The summed E-state index contributed by atoms with van der Waals surface area (Å²) in [5.74, 6) is -0.316. The van der Waals surface area contributed by atoms with Crippen LogP contribution in [0.15, 0.2) is 47.0 Å². The maximum Gasteiger partial charge on any atom is 0.239 e. The van der Waals surface area contributed by atoms with Gasteiger partial charge < -0.3 is 24.1 Å². The van der Waals surface area contributed by atoms with Crippen molar-refractivity contribution in [3.8, 4) is 0 Å². The topological polar surface area (TPSA) is 106 Å². The summed E-state index contributed by atoms with van der Waals surface area (Å²) in [6.07, 6.45) is -0.900. The number of ether oxygens (including phenoxy) is 4. The third-order valence-corrected chi connectivity index (χ3v) is 3.80. The summed E-state index contributed by atoms with van der Waals surface area (Å²) in [4.78, 5) is 2.73. The zero-order valence-electron chi connectivity index (χ0n) is 13.5. The van der Waals surface area contributed by atoms with Gasteiger partial charge in [-0.3, -0.25) is 0 Å². The Hall–Kier alpha value is -2.25. The van der Waals surface area contributed by atoms with E-state index in [1.807, 2.05) is 30.3 Å². The third-order valence-electron chi connectivity index (χ3n) is 3.80. The highest BCUT2D eigenvalue weighted by Gasteiger charge is 2.62. The van der Waals surface area contributed by atoms with E-state index in [9.17, 15) is 5.11 Å². The lowest BCUT2D eigenvalue weighted by Gasteiger charge is -2.29. The normalized spacial score (nSPS) is 27.2. The summed E-state index contributed by atoms with van der Waals surface area (Å²) in [6.45, 7) is 3.31. The number of azide groups is 1. The molecule has 1 aromatic rings. The van der Waals surface area contributed by atoms with Crippen molar-refractivity contribution in [2.24, 2.45) is 5.11 Å². The van der Waals surface area contributed by atoms with Crippen LogP contribution in [0.2, 0.25) is 0 Å². The first-order chi connectivity index (χ1) is 11.5. The van der Waals surface area contributed by atoms with E-state index in [2.05, 4.69) is 10.0 Å². The summed E-state index contributed by atoms with van der Waals surface area (Å²) in [5.41, 5.74) is 8.23. The van der Waals surface area contributed by atoms with Gasteiger partial charge >= 0.3 is 0 Å². The van der Waals surface area contributed by atoms with Crippen LogP contribution in [0.25, 0.3) is 10.4 Å². The van der Waals surface area contributed by atoms with Gasteiger partial charge in [0, 0.05) is 18.8 Å². The van der Waals surface area contributed by atoms with E-state index in [0.717, 1.165) is 5.56 Å². The minimum Gasteiger partial charge on any atom is -0.462 e. The molecule has 0 amide bonds. The Bertz CT molecular complexity index is 684. The molecular weight excluding hydrogens is 314 g/mol. The van der Waals surface area contributed by atoms with Crippen LogP contribution >= 0.6 is 0 Å². The van der Waals surface area contributed by atoms with Gasteiger partial charge in [-0.1, -0.05) is 35.4 Å². The summed E-state index contributed by atoms with van der Waals surface area (Å²) >= 11 is 0. The van der Waals surface area contributed by atoms with Gasteiger partial charge in [0.1, 0.15) is 5.76 Å². The first kappa shape index (κ1) is 16.6. The highest BCUT2D eigenvalue weighted by molar-refractivity contribution is 5.27. The molecule has 2 heterocycles. The Morgan fingerprint density at radius 2 is 2.08 bits per heavy atom. The second kappa shape index (κ2) is 6.33. The van der Waals surface area contributed by atoms with Crippen LogP contribution in [0.1, 0.15) is 19.4 Å². The molecule has 8 nitrogen and oxygen atoms in total. The molecule has 2 atom stereocenters. The monoisotopic (exact) mass is 333 g/mol. The summed E-state index contributed by atoms with van der Waals surface area (Å²) in [5, 5.41) is 13.5. The number of nitrogens with zero attached hydrogens (tertiary/aromatic N) is 3. The average Bonchev–Trinajstić information content (AvgIpc) is 3.01. The number of aliphatic hydroxyl groups excluding tert-OH is 1. The molecule has 0 saturated carbocycles. The summed E-state index contributed by atoms with van der Waals surface area (Å²) in [6, 6.07) is 9.58. The maximum absolute atomic E-state index is 9.97. The Kier molecular flexibility index (Phi) is 4.38. The smallest absolute Gasteiger partial charge is 0.239 e. The van der Waals surface area contributed by atoms with E-state index >= 15 is 0 Å². The van der Waals surface area contributed by atoms with E-state index in [1.54, 1.807) is 13.8 Å². The SMILES string of the molecule is CC1(C)OC2=C(CN=[N+]=[N-])O[C@@H](OCc3ccccc3)[C@]2(CO)O1. The summed E-state index contributed by atoms with van der Waals surface area (Å²) < 4.78 is 23.2. The van der Waals surface area contributed by atoms with Crippen molar-refractivity contribution >= 4 is 0 Å². The molecule has 128 valence electrons. The minimum atomic E-state index is -1.27. The predicted octanol–water partition coefficient (Wildman–Crippen LogP) is 2.60. The van der Waals surface area contributed by atoms with Crippen molar-refractivity contribution < 1.29 is 24.1 Å². The van der Waals surface area contributed by atoms with Crippen molar-refractivity contribution in [1.82, 2.24) is 0 Å². The van der Waals surface area contributed by atoms with Gasteiger partial charge in [-0.15, -0.1) is 0 Å². The lowest BCUT2D eigenvalue weighted by molar-refractivity contribution is -0.256. The first-order valence-electron chi connectivity index (χ1n) is 7.57. The van der Waals surface area contributed by atoms with Gasteiger partial charge in [-0.2, -0.15) is 0 Å². The molecule has 0 spiro atoms. The van der Waals surface area contributed by atoms with Gasteiger partial charge in [0.15, 0.2) is 5.76 Å². The molecule has 1 aromatic carbocycles. The Morgan fingerprint density at radius 1 is 1.33 bits per heavy atom. The molecule has 1 N–H and O–H groups in total. The first-order valence-corrected chi connectivity index (χ1v) is 7.57. The van der Waals surface area contributed by atoms with Crippen molar-refractivity contribution in [1.29, 1.82) is 0 Å². The average molecular weight is 333 g/mol. The fraction of sp³-hybridized carbons (Fsp3) is 0.500. The van der Waals surface area contributed by atoms with Crippen LogP contribution in [-0.2, 0) is 25.6 Å². The van der Waals surface area contributed by atoms with Crippen LogP contribution in [-0.4, -0.2) is 35.9 Å². The van der Waals surface area contributed by atoms with Crippen molar-refractivity contribution in [3.63, 3.8) is 0 Å². The fourth-order valence-electron chi connectivity index (χ4n) is 2.86. The third kappa shape index (κ3) is 2.92. The molecule has 1 saturated heterocycles. The quantitative estimate of drug-likeness (QED) is 0.489. The lowest BCUT2D eigenvalue weighted by atomic mass is 10.0. The molecule has 24 heavy (non-hydrogen) atoms. The number of aliphatic hydroxyl groups is 1. The Morgan fingerprint density at radius 3 is 2.75 bits per heavy atom. The molecule has 8 heteroatoms. The molecule has 3 rings (SSSR count). The van der Waals surface area contributed by atoms with Crippen LogP contribution < -0.4 is 0 Å². The molecule has 2 aliphatic rings. The van der Waals surface area contributed by atoms with Gasteiger partial charge in [0.2, 0.25) is 17.7 Å². The van der Waals surface area contributed by atoms with Gasteiger partial charge in [-0.05, 0) is 11.1 Å². The standard InChI is InChI=1S/C16H19N3O5/c1-15(2)23-13-12(8-18-19-17)22-14(16(13,10-20)24-15)21-9-11-6-4-3-5-7-11/h3-7,14,20H,8-10H2,1-2H3/t14-,16-/m1/s1. The van der Waals surface area contributed by atoms with E-state index in [1.165, 1.54) is 0 Å². The molecular formula is C16H19N3O5. The summed E-state index contributed by atoms with van der Waals surface area (Å²) in [7, 11) is 0. The van der Waals surface area contributed by atoms with Crippen LogP contribution in [0, 0.1) is 0 Å². The number of hydrogen-bond donors (Lipinski definition) is 1. The fourth-order valence-corrected chi connectivity index (χ4v) is 2.86. The van der Waals surface area contributed by atoms with Gasteiger partial charge in [-0.25, -0.2) is 0 Å². The van der Waals surface area contributed by atoms with E-state index in [-0.39, 0.29) is 19.8 Å². The lowest BCUT2D eigenvalue weighted by Crippen LogP contribution is -2.47. The zero-order valence-corrected chi connectivity index (χ0v) is 13.5. The number of rotatable bonds is 6. The maximum atomic E-state index is 9.97. The molecule has 0 radical (unpaired) electrons. The Balaban J connectivity index is 1.84. The van der Waals surface area contributed by atoms with Gasteiger partial charge in [0.05, 0.1) is 19.8 Å². The predicted molar refractivity (Wildman–Crippen MR) is 83.2 cm³/mol. The largest absolute Gasteiger partial charge is 0.462 e. The molecule has 2 aliphatic heterocycles. The van der Waals surface area contributed by atoms with Crippen molar-refractivity contribution in [2.45, 2.75) is 38.1 Å². The second-order valence-corrected chi connectivity index (χ2v) is 6.04. The highest BCUT2D eigenvalue weighted by Crippen LogP contribution is 2.49. The van der Waals surface area contributed by atoms with Crippen molar-refractivity contribution in [2.75, 3.05) is 13.2 Å². The molecule has 0 unspecified atom stereocenters. The number of benzene rings is 1. The van der Waals surface area contributed by atoms with Crippen LogP contribution in [0.4, 0.5) is 0 Å². The minimum absolute atomic E-state index is 0.0434. The number of hydrogen-bond acceptors (Lipinski definition) is 6. The molecule has 0 bridgehead atoms. The Labute approximate surface area is 139 Å². The van der Waals surface area contributed by atoms with E-state index < -0.39 is 17.7 Å². The molecule has 0 aromatic heterocycles. The van der Waals surface area contributed by atoms with E-state index in [4.69, 9.17) is 24.5 Å².